The maximum absolute atomic E-state index is 10.8. The second-order valence-electron chi connectivity index (χ2n) is 3.48. The fraction of sp³-hybridized carbons (Fsp3) is 0.500. The monoisotopic (exact) mass is 238 g/mol. The molecule has 1 aliphatic rings. The summed E-state index contributed by atoms with van der Waals surface area (Å²) < 4.78 is 14.1. The number of hydrogen-bond acceptors (Lipinski definition) is 5. The van der Waals surface area contributed by atoms with Gasteiger partial charge in [-0.1, -0.05) is 0 Å². The summed E-state index contributed by atoms with van der Waals surface area (Å²) in [6, 6.07) is 0. The third-order valence-corrected chi connectivity index (χ3v) is 2.18. The van der Waals surface area contributed by atoms with Gasteiger partial charge >= 0.3 is 11.9 Å². The lowest BCUT2D eigenvalue weighted by Crippen LogP contribution is -2.11. The Morgan fingerprint density at radius 2 is 2.00 bits per heavy atom. The van der Waals surface area contributed by atoms with Crippen LogP contribution in [0, 0.1) is 17.8 Å². The highest BCUT2D eigenvalue weighted by molar-refractivity contribution is 5.88. The van der Waals surface area contributed by atoms with Crippen LogP contribution < -0.4 is 0 Å². The maximum atomic E-state index is 10.8. The summed E-state index contributed by atoms with van der Waals surface area (Å²) in [5, 5.41) is 0. The van der Waals surface area contributed by atoms with E-state index in [4.69, 9.17) is 4.74 Å². The van der Waals surface area contributed by atoms with Gasteiger partial charge in [0.15, 0.2) is 6.10 Å². The summed E-state index contributed by atoms with van der Waals surface area (Å²) in [5.74, 6) is 4.21. The predicted molar refractivity (Wildman–Crippen MR) is 58.5 cm³/mol. The van der Waals surface area contributed by atoms with Crippen LogP contribution in [0.1, 0.15) is 12.8 Å². The van der Waals surface area contributed by atoms with E-state index < -0.39 is 11.9 Å². The SMILES string of the molecule is COC(=O)C#CC(O/C=C/C(=O)OC)C1CC1. The second-order valence-corrected chi connectivity index (χ2v) is 3.48. The van der Waals surface area contributed by atoms with E-state index in [1.165, 1.54) is 20.5 Å². The molecule has 0 aromatic heterocycles. The van der Waals surface area contributed by atoms with E-state index in [1.807, 2.05) is 0 Å². The topological polar surface area (TPSA) is 61.8 Å². The molecule has 1 atom stereocenters. The molecule has 92 valence electrons. The molecular formula is C12H14O5. The molecule has 0 saturated heterocycles. The quantitative estimate of drug-likeness (QED) is 0.236. The zero-order valence-electron chi connectivity index (χ0n) is 9.76. The van der Waals surface area contributed by atoms with Gasteiger partial charge in [-0.05, 0) is 18.8 Å². The highest BCUT2D eigenvalue weighted by Gasteiger charge is 2.31. The van der Waals surface area contributed by atoms with Crippen molar-refractivity contribution >= 4 is 11.9 Å². The van der Waals surface area contributed by atoms with E-state index in [2.05, 4.69) is 21.3 Å². The molecule has 1 fully saturated rings. The van der Waals surface area contributed by atoms with Crippen molar-refractivity contribution in [3.05, 3.63) is 12.3 Å². The average molecular weight is 238 g/mol. The number of methoxy groups -OCH3 is 2. The van der Waals surface area contributed by atoms with Gasteiger partial charge in [-0.15, -0.1) is 0 Å². The second kappa shape index (κ2) is 6.59. The van der Waals surface area contributed by atoms with Gasteiger partial charge in [0, 0.05) is 11.8 Å². The first-order chi connectivity index (χ1) is 8.17. The van der Waals surface area contributed by atoms with Gasteiger partial charge in [0.1, 0.15) is 0 Å². The molecule has 1 unspecified atom stereocenters. The minimum absolute atomic E-state index is 0.314. The number of esters is 2. The van der Waals surface area contributed by atoms with E-state index >= 15 is 0 Å². The first kappa shape index (κ1) is 13.1. The van der Waals surface area contributed by atoms with Crippen LogP contribution in [0.4, 0.5) is 0 Å². The Morgan fingerprint density at radius 3 is 2.53 bits per heavy atom. The molecule has 0 radical (unpaired) electrons. The largest absolute Gasteiger partial charge is 0.485 e. The molecular weight excluding hydrogens is 224 g/mol. The lowest BCUT2D eigenvalue weighted by molar-refractivity contribution is -0.135. The van der Waals surface area contributed by atoms with Crippen molar-refractivity contribution in [3.63, 3.8) is 0 Å². The van der Waals surface area contributed by atoms with Crippen LogP contribution in [-0.2, 0) is 23.8 Å². The van der Waals surface area contributed by atoms with Crippen molar-refractivity contribution in [2.24, 2.45) is 5.92 Å². The zero-order chi connectivity index (χ0) is 12.7. The van der Waals surface area contributed by atoms with E-state index in [9.17, 15) is 9.59 Å². The highest BCUT2D eigenvalue weighted by atomic mass is 16.5. The molecule has 0 aromatic carbocycles. The first-order valence-electron chi connectivity index (χ1n) is 5.16. The average Bonchev–Trinajstić information content (AvgIpc) is 3.16. The molecule has 5 nitrogen and oxygen atoms in total. The van der Waals surface area contributed by atoms with E-state index in [0.29, 0.717) is 5.92 Å². The molecule has 0 N–H and O–H groups in total. The molecule has 1 rings (SSSR count). The van der Waals surface area contributed by atoms with Gasteiger partial charge in [0.25, 0.3) is 0 Å². The van der Waals surface area contributed by atoms with Crippen molar-refractivity contribution in [2.75, 3.05) is 14.2 Å². The highest BCUT2D eigenvalue weighted by Crippen LogP contribution is 2.34. The summed E-state index contributed by atoms with van der Waals surface area (Å²) in [7, 11) is 2.54. The van der Waals surface area contributed by atoms with Gasteiger partial charge in [0.2, 0.25) is 0 Å². The molecule has 0 aliphatic heterocycles. The molecule has 5 heteroatoms. The summed E-state index contributed by atoms with van der Waals surface area (Å²) >= 11 is 0. The van der Waals surface area contributed by atoms with Crippen LogP contribution >= 0.6 is 0 Å². The number of hydrogen-bond donors (Lipinski definition) is 0. The number of ether oxygens (including phenoxy) is 3. The summed E-state index contributed by atoms with van der Waals surface area (Å²) in [4.78, 5) is 21.6. The van der Waals surface area contributed by atoms with Crippen molar-refractivity contribution in [2.45, 2.75) is 18.9 Å². The number of carbonyl (C=O) groups is 2. The summed E-state index contributed by atoms with van der Waals surface area (Å²) in [6.45, 7) is 0. The van der Waals surface area contributed by atoms with E-state index in [0.717, 1.165) is 18.9 Å². The summed E-state index contributed by atoms with van der Waals surface area (Å²) in [6.07, 6.45) is 4.03. The Labute approximate surface area is 99.7 Å². The van der Waals surface area contributed by atoms with Crippen molar-refractivity contribution in [1.29, 1.82) is 0 Å². The van der Waals surface area contributed by atoms with Gasteiger partial charge in [-0.25, -0.2) is 9.59 Å². The standard InChI is InChI=1S/C12H14O5/c1-15-11(13)6-5-10(9-3-4-9)17-8-7-12(14)16-2/h7-10H,3-4H2,1-2H3/b8-7+. The molecule has 0 bridgehead atoms. The molecule has 1 saturated carbocycles. The normalized spacial score (nSPS) is 15.6. The van der Waals surface area contributed by atoms with Crippen LogP contribution in [0.3, 0.4) is 0 Å². The minimum Gasteiger partial charge on any atom is -0.485 e. The zero-order valence-corrected chi connectivity index (χ0v) is 9.76. The molecule has 0 aromatic rings. The fourth-order valence-electron chi connectivity index (χ4n) is 1.09. The predicted octanol–water partition coefficient (Wildman–Crippen LogP) is 0.645. The third-order valence-electron chi connectivity index (χ3n) is 2.18. The van der Waals surface area contributed by atoms with Crippen LogP contribution in [0.2, 0.25) is 0 Å². The fourth-order valence-corrected chi connectivity index (χ4v) is 1.09. The Hall–Kier alpha value is -1.96. The van der Waals surface area contributed by atoms with Gasteiger partial charge in [-0.2, -0.15) is 0 Å². The lowest BCUT2D eigenvalue weighted by atomic mass is 10.2. The van der Waals surface area contributed by atoms with Crippen molar-refractivity contribution < 1.29 is 23.8 Å². The van der Waals surface area contributed by atoms with Crippen LogP contribution in [0.15, 0.2) is 12.3 Å². The third kappa shape index (κ3) is 5.07. The summed E-state index contributed by atoms with van der Waals surface area (Å²) in [5.41, 5.74) is 0. The first-order valence-corrected chi connectivity index (χ1v) is 5.16. The van der Waals surface area contributed by atoms with Gasteiger partial charge in [0.05, 0.1) is 26.6 Å². The molecule has 0 heterocycles. The number of carbonyl (C=O) groups excluding carboxylic acids is 2. The molecule has 0 amide bonds. The Morgan fingerprint density at radius 1 is 1.29 bits per heavy atom. The Balaban J connectivity index is 2.48. The maximum Gasteiger partial charge on any atom is 0.384 e. The van der Waals surface area contributed by atoms with E-state index in [1.54, 1.807) is 0 Å². The van der Waals surface area contributed by atoms with Crippen LogP contribution in [0.25, 0.3) is 0 Å². The van der Waals surface area contributed by atoms with Crippen molar-refractivity contribution in [3.8, 4) is 11.8 Å². The molecule has 1 aliphatic carbocycles. The molecule has 17 heavy (non-hydrogen) atoms. The van der Waals surface area contributed by atoms with Crippen LogP contribution in [0.5, 0.6) is 0 Å². The minimum atomic E-state index is -0.601. The number of rotatable bonds is 4. The Kier molecular flexibility index (Phi) is 5.08. The van der Waals surface area contributed by atoms with Crippen molar-refractivity contribution in [1.82, 2.24) is 0 Å². The van der Waals surface area contributed by atoms with Gasteiger partial charge in [-0.3, -0.25) is 0 Å². The lowest BCUT2D eigenvalue weighted by Gasteiger charge is -2.07. The van der Waals surface area contributed by atoms with Gasteiger partial charge < -0.3 is 14.2 Å². The van der Waals surface area contributed by atoms with E-state index in [-0.39, 0.29) is 6.10 Å². The smallest absolute Gasteiger partial charge is 0.384 e. The molecule has 0 spiro atoms. The Bertz CT molecular complexity index is 370. The van der Waals surface area contributed by atoms with Crippen LogP contribution in [-0.4, -0.2) is 32.3 Å².